The Kier molecular flexibility index (Phi) is 60.3. The fourth-order valence-corrected chi connectivity index (χ4v) is 13.7. The van der Waals surface area contributed by atoms with Crippen molar-refractivity contribution >= 4 is 5.91 Å². The maximum atomic E-state index is 13.5. The van der Waals surface area contributed by atoms with Crippen molar-refractivity contribution in [3.63, 3.8) is 0 Å². The molecule has 0 aromatic carbocycles. The molecule has 19 heteroatoms. The summed E-state index contributed by atoms with van der Waals surface area (Å²) >= 11 is 0. The molecule has 12 N–H and O–H groups in total. The third kappa shape index (κ3) is 45.1. The quantitative estimate of drug-likeness (QED) is 0.0199. The van der Waals surface area contributed by atoms with Crippen molar-refractivity contribution < 1.29 is 89.4 Å². The fourth-order valence-electron chi connectivity index (χ4n) is 13.7. The molecule has 0 aromatic heterocycles. The highest BCUT2D eigenvalue weighted by Gasteiger charge is 2.54. The Hall–Kier alpha value is -3.55. The van der Waals surface area contributed by atoms with Gasteiger partial charge >= 0.3 is 0 Å². The first-order valence-electron chi connectivity index (χ1n) is 42.1. The van der Waals surface area contributed by atoms with Gasteiger partial charge in [-0.15, -0.1) is 0 Å². The molecular weight excluding hydrogens is 1350 g/mol. The van der Waals surface area contributed by atoms with Crippen molar-refractivity contribution in [1.82, 2.24) is 5.32 Å². The highest BCUT2D eigenvalue weighted by Crippen LogP contribution is 2.33. The lowest BCUT2D eigenvalue weighted by molar-refractivity contribution is -0.379. The van der Waals surface area contributed by atoms with Gasteiger partial charge in [0.1, 0.15) is 73.2 Å². The number of unbranched alkanes of at least 4 members (excludes halogenated alkanes) is 32. The van der Waals surface area contributed by atoms with Crippen molar-refractivity contribution in [3.8, 4) is 0 Å². The smallest absolute Gasteiger partial charge is 0.220 e. The third-order valence-corrected chi connectivity index (χ3v) is 20.4. The number of carbonyl (C=O) groups is 1. The molecule has 612 valence electrons. The Morgan fingerprint density at radius 1 is 0.349 bits per heavy atom. The van der Waals surface area contributed by atoms with Gasteiger partial charge in [-0.3, -0.25) is 4.79 Å². The van der Waals surface area contributed by atoms with Crippen LogP contribution in [0.1, 0.15) is 303 Å². The molecule has 3 heterocycles. The maximum Gasteiger partial charge on any atom is 0.220 e. The lowest BCUT2D eigenvalue weighted by Crippen LogP contribution is -2.66. The van der Waals surface area contributed by atoms with Crippen LogP contribution in [0.4, 0.5) is 0 Å². The van der Waals surface area contributed by atoms with Gasteiger partial charge in [-0.1, -0.05) is 322 Å². The Morgan fingerprint density at radius 3 is 1.02 bits per heavy atom. The number of hydrogen-bond acceptors (Lipinski definition) is 18. The standard InChI is InChI=1S/C87H151NO18/c1-3-5-7-9-11-13-15-17-19-21-23-25-26-27-28-29-30-31-32-33-34-35-36-37-38-39-40-41-42-43-44-45-47-49-51-53-55-57-59-61-63-65-75(93)88-70(71(92)64-62-60-58-56-54-52-50-48-46-24-22-20-18-16-14-12-10-8-6-4-2)69-101-85-81(99)78(96)83(73(67-90)103-85)106-87-82(100)79(97)84(74(68-91)104-87)105-86-80(98)77(95)76(94)72(66-89)102-86/h5,7,11,13,17,19,23,25,27-28,30-31,33-34,36-37,39-40,70-74,76-87,89-92,94-100H,3-4,6,8-10,12,14-16,18,20-22,24,26,29,32,35,38,41-69H2,1-2H3,(H,88,93)/b7-5-,13-11-,19-17-,25-23-,28-27-,31-30-,34-33-,37-36-,40-39-. The van der Waals surface area contributed by atoms with Gasteiger partial charge in [0.2, 0.25) is 5.91 Å². The highest BCUT2D eigenvalue weighted by atomic mass is 16.8. The van der Waals surface area contributed by atoms with E-state index in [1.54, 1.807) is 0 Å². The van der Waals surface area contributed by atoms with Crippen molar-refractivity contribution in [2.24, 2.45) is 0 Å². The van der Waals surface area contributed by atoms with Crippen LogP contribution in [0, 0.1) is 0 Å². The number of rotatable bonds is 66. The number of allylic oxidation sites excluding steroid dienone is 18. The maximum absolute atomic E-state index is 13.5. The summed E-state index contributed by atoms with van der Waals surface area (Å²) in [6.45, 7) is 1.71. The molecule has 0 radical (unpaired) electrons. The number of aliphatic hydroxyl groups excluding tert-OH is 11. The number of amides is 1. The minimum Gasteiger partial charge on any atom is -0.394 e. The van der Waals surface area contributed by atoms with Crippen molar-refractivity contribution in [2.75, 3.05) is 26.4 Å². The monoisotopic (exact) mass is 1500 g/mol. The van der Waals surface area contributed by atoms with Gasteiger partial charge in [-0.25, -0.2) is 0 Å². The Labute approximate surface area is 640 Å². The molecule has 3 aliphatic heterocycles. The second-order valence-corrected chi connectivity index (χ2v) is 29.6. The lowest BCUT2D eigenvalue weighted by atomic mass is 9.96. The van der Waals surface area contributed by atoms with Crippen LogP contribution >= 0.6 is 0 Å². The van der Waals surface area contributed by atoms with E-state index in [4.69, 9.17) is 28.4 Å². The van der Waals surface area contributed by atoms with Crippen LogP contribution in [0.2, 0.25) is 0 Å². The lowest BCUT2D eigenvalue weighted by Gasteiger charge is -2.48. The van der Waals surface area contributed by atoms with E-state index in [0.717, 1.165) is 109 Å². The number of hydrogen-bond donors (Lipinski definition) is 12. The molecule has 19 nitrogen and oxygen atoms in total. The Bertz CT molecular complexity index is 2340. The Balaban J connectivity index is 1.32. The van der Waals surface area contributed by atoms with Gasteiger partial charge in [0.15, 0.2) is 18.9 Å². The number of aliphatic hydroxyl groups is 11. The zero-order valence-electron chi connectivity index (χ0n) is 65.6. The van der Waals surface area contributed by atoms with Gasteiger partial charge < -0.3 is 89.9 Å². The summed E-state index contributed by atoms with van der Waals surface area (Å²) < 4.78 is 34.5. The second kappa shape index (κ2) is 66.1. The average molecular weight is 1500 g/mol. The van der Waals surface area contributed by atoms with Crippen LogP contribution in [0.3, 0.4) is 0 Å². The zero-order chi connectivity index (χ0) is 76.7. The molecule has 3 fully saturated rings. The molecule has 3 saturated heterocycles. The van der Waals surface area contributed by atoms with E-state index in [1.165, 1.54) is 161 Å². The van der Waals surface area contributed by atoms with E-state index in [0.29, 0.717) is 12.8 Å². The molecule has 3 aliphatic rings. The largest absolute Gasteiger partial charge is 0.394 e. The average Bonchev–Trinajstić information content (AvgIpc) is 0.780. The van der Waals surface area contributed by atoms with Crippen molar-refractivity contribution in [3.05, 3.63) is 109 Å². The van der Waals surface area contributed by atoms with E-state index in [9.17, 15) is 61.0 Å². The van der Waals surface area contributed by atoms with Crippen LogP contribution < -0.4 is 5.32 Å². The molecule has 0 bridgehead atoms. The molecule has 106 heavy (non-hydrogen) atoms. The second-order valence-electron chi connectivity index (χ2n) is 29.6. The first-order valence-corrected chi connectivity index (χ1v) is 42.1. The minimum absolute atomic E-state index is 0.245. The topological polar surface area (TPSA) is 307 Å². The predicted octanol–water partition coefficient (Wildman–Crippen LogP) is 14.9. The first-order chi connectivity index (χ1) is 51.8. The van der Waals surface area contributed by atoms with Crippen molar-refractivity contribution in [1.29, 1.82) is 0 Å². The zero-order valence-corrected chi connectivity index (χ0v) is 65.6. The van der Waals surface area contributed by atoms with Crippen LogP contribution in [-0.4, -0.2) is 193 Å². The molecule has 1 amide bonds. The van der Waals surface area contributed by atoms with E-state index in [-0.39, 0.29) is 18.9 Å². The van der Waals surface area contributed by atoms with Gasteiger partial charge in [-0.05, 0) is 83.5 Å². The normalized spacial score (nSPS) is 26.2. The van der Waals surface area contributed by atoms with Crippen LogP contribution in [0.15, 0.2) is 109 Å². The highest BCUT2D eigenvalue weighted by molar-refractivity contribution is 5.76. The van der Waals surface area contributed by atoms with E-state index < -0.39 is 124 Å². The summed E-state index contributed by atoms with van der Waals surface area (Å²) in [4.78, 5) is 13.5. The molecule has 0 aliphatic carbocycles. The summed E-state index contributed by atoms with van der Waals surface area (Å²) in [5.41, 5.74) is 0. The number of carbonyl (C=O) groups excluding carboxylic acids is 1. The number of ether oxygens (including phenoxy) is 6. The molecule has 3 rings (SSSR count). The molecule has 0 saturated carbocycles. The van der Waals surface area contributed by atoms with Gasteiger partial charge in [0.25, 0.3) is 0 Å². The predicted molar refractivity (Wildman–Crippen MR) is 424 cm³/mol. The van der Waals surface area contributed by atoms with Gasteiger partial charge in [0.05, 0.1) is 38.6 Å². The van der Waals surface area contributed by atoms with E-state index in [1.807, 2.05) is 0 Å². The molecule has 0 aromatic rings. The third-order valence-electron chi connectivity index (χ3n) is 20.4. The molecule has 17 unspecified atom stereocenters. The van der Waals surface area contributed by atoms with Crippen LogP contribution in [-0.2, 0) is 33.2 Å². The minimum atomic E-state index is -1.98. The first kappa shape index (κ1) is 96.6. The molecule has 17 atom stereocenters. The van der Waals surface area contributed by atoms with Crippen LogP contribution in [0.5, 0.6) is 0 Å². The fraction of sp³-hybridized carbons (Fsp3) is 0.782. The summed E-state index contributed by atoms with van der Waals surface area (Å²) in [6.07, 6.45) is 64.6. The Morgan fingerprint density at radius 2 is 0.651 bits per heavy atom. The van der Waals surface area contributed by atoms with Crippen molar-refractivity contribution in [2.45, 2.75) is 407 Å². The summed E-state index contributed by atoms with van der Waals surface area (Å²) in [6, 6.07) is -0.895. The van der Waals surface area contributed by atoms with Gasteiger partial charge in [0, 0.05) is 6.42 Å². The van der Waals surface area contributed by atoms with E-state index >= 15 is 0 Å². The van der Waals surface area contributed by atoms with Crippen LogP contribution in [0.25, 0.3) is 0 Å². The molecule has 0 spiro atoms. The summed E-state index contributed by atoms with van der Waals surface area (Å²) in [5.74, 6) is -0.245. The van der Waals surface area contributed by atoms with Gasteiger partial charge in [-0.2, -0.15) is 0 Å². The SMILES string of the molecule is CC/C=C\C/C=C\C/C=C\C/C=C\C/C=C\C/C=C\C/C=C\C/C=C\C/C=C\CCCCCCCCCCCCCCCC(=O)NC(COC1OC(CO)C(OC2OC(CO)C(OC3OC(CO)C(O)C(O)C3O)C(O)C2O)C(O)C1O)C(O)CCCCCCCCCCCCCCCCCCCCCC. The summed E-state index contributed by atoms with van der Waals surface area (Å²) in [5, 5.41) is 121. The van der Waals surface area contributed by atoms with E-state index in [2.05, 4.69) is 129 Å². The number of nitrogens with one attached hydrogen (secondary N) is 1. The molecular formula is C87H151NO18. The summed E-state index contributed by atoms with van der Waals surface area (Å²) in [7, 11) is 0.